The van der Waals surface area contributed by atoms with Gasteiger partial charge in [-0.1, -0.05) is 32.9 Å². The van der Waals surface area contributed by atoms with Crippen molar-refractivity contribution < 1.29 is 19.4 Å². The first-order valence-electron chi connectivity index (χ1n) is 10.5. The van der Waals surface area contributed by atoms with Gasteiger partial charge in [-0.3, -0.25) is 9.59 Å². The molecule has 0 radical (unpaired) electrons. The third-order valence-electron chi connectivity index (χ3n) is 6.46. The number of carbonyl (C=O) groups is 2. The molecule has 156 valence electrons. The van der Waals surface area contributed by atoms with Gasteiger partial charge < -0.3 is 19.7 Å². The molecule has 6 nitrogen and oxygen atoms in total. The average molecular weight is 399 g/mol. The second-order valence-electron chi connectivity index (χ2n) is 9.43. The summed E-state index contributed by atoms with van der Waals surface area (Å²) in [6.07, 6.45) is 1.95. The fourth-order valence-corrected chi connectivity index (χ4v) is 4.65. The largest absolute Gasteiger partial charge is 0.481 e. The molecule has 6 heteroatoms. The maximum Gasteiger partial charge on any atom is 0.309 e. The summed E-state index contributed by atoms with van der Waals surface area (Å²) in [6, 6.07) is 8.24. The zero-order valence-corrected chi connectivity index (χ0v) is 17.4. The lowest BCUT2D eigenvalue weighted by Gasteiger charge is -2.35. The van der Waals surface area contributed by atoms with Gasteiger partial charge in [0.15, 0.2) is 0 Å². The van der Waals surface area contributed by atoms with Crippen molar-refractivity contribution in [1.29, 1.82) is 0 Å². The minimum absolute atomic E-state index is 0.0130. The van der Waals surface area contributed by atoms with Crippen molar-refractivity contribution >= 4 is 22.8 Å². The number of aliphatic carboxylic acids is 1. The van der Waals surface area contributed by atoms with Crippen molar-refractivity contribution in [2.24, 2.45) is 11.8 Å². The number of rotatable bonds is 3. The minimum atomic E-state index is -0.765. The number of aromatic nitrogens is 1. The number of amides is 1. The van der Waals surface area contributed by atoms with Crippen LogP contribution in [0.25, 0.3) is 10.9 Å². The van der Waals surface area contributed by atoms with Gasteiger partial charge in [0.2, 0.25) is 0 Å². The predicted molar refractivity (Wildman–Crippen MR) is 111 cm³/mol. The molecule has 0 bridgehead atoms. The number of carboxylic acids is 1. The van der Waals surface area contributed by atoms with Crippen LogP contribution in [-0.4, -0.2) is 52.7 Å². The normalized spacial score (nSPS) is 23.6. The average Bonchev–Trinajstić information content (AvgIpc) is 3.33. The molecule has 0 aliphatic carbocycles. The zero-order chi connectivity index (χ0) is 20.8. The number of H-pyrrole nitrogens is 1. The van der Waals surface area contributed by atoms with Crippen LogP contribution >= 0.6 is 0 Å². The number of benzene rings is 1. The van der Waals surface area contributed by atoms with Gasteiger partial charge in [-0.05, 0) is 48.3 Å². The van der Waals surface area contributed by atoms with Crippen molar-refractivity contribution in [3.8, 4) is 0 Å². The number of aromatic amines is 1. The molecule has 1 unspecified atom stereocenters. The summed E-state index contributed by atoms with van der Waals surface area (Å²) in [5, 5.41) is 10.4. The van der Waals surface area contributed by atoms with Crippen LogP contribution < -0.4 is 0 Å². The van der Waals surface area contributed by atoms with E-state index < -0.39 is 11.9 Å². The summed E-state index contributed by atoms with van der Waals surface area (Å²) in [6.45, 7) is 8.33. The Morgan fingerprint density at radius 3 is 2.52 bits per heavy atom. The molecule has 29 heavy (non-hydrogen) atoms. The van der Waals surface area contributed by atoms with Crippen molar-refractivity contribution in [1.82, 2.24) is 9.88 Å². The fraction of sp³-hybridized carbons (Fsp3) is 0.565. The first kappa shape index (κ1) is 20.0. The molecule has 2 aromatic rings. The lowest BCUT2D eigenvalue weighted by molar-refractivity contribution is -0.145. The molecule has 1 aromatic carbocycles. The van der Waals surface area contributed by atoms with E-state index in [0.717, 1.165) is 23.7 Å². The second kappa shape index (κ2) is 7.48. The number of carboxylic acid groups (broad SMARTS) is 1. The van der Waals surface area contributed by atoms with Crippen LogP contribution in [0.5, 0.6) is 0 Å². The van der Waals surface area contributed by atoms with Gasteiger partial charge in [-0.25, -0.2) is 0 Å². The summed E-state index contributed by atoms with van der Waals surface area (Å²) in [5.74, 6) is -0.953. The fourth-order valence-electron chi connectivity index (χ4n) is 4.65. The van der Waals surface area contributed by atoms with E-state index in [-0.39, 0.29) is 23.3 Å². The Balaban J connectivity index is 1.44. The van der Waals surface area contributed by atoms with E-state index in [1.54, 1.807) is 0 Å². The first-order valence-corrected chi connectivity index (χ1v) is 10.5. The third-order valence-corrected chi connectivity index (χ3v) is 6.46. The number of likely N-dealkylation sites (tertiary alicyclic amines) is 1. The van der Waals surface area contributed by atoms with Crippen LogP contribution in [0.2, 0.25) is 0 Å². The number of ether oxygens (including phenoxy) is 1. The Kier molecular flexibility index (Phi) is 5.15. The Bertz CT molecular complexity index is 919. The van der Waals surface area contributed by atoms with E-state index in [0.29, 0.717) is 31.8 Å². The maximum absolute atomic E-state index is 13.0. The van der Waals surface area contributed by atoms with E-state index in [1.165, 1.54) is 5.56 Å². The van der Waals surface area contributed by atoms with E-state index in [2.05, 4.69) is 44.0 Å². The number of piperidine rings is 1. The van der Waals surface area contributed by atoms with Crippen molar-refractivity contribution in [2.75, 3.05) is 19.7 Å². The number of hydrogen-bond acceptors (Lipinski definition) is 3. The molecule has 0 saturated carbocycles. The molecule has 1 amide bonds. The van der Waals surface area contributed by atoms with Crippen LogP contribution in [0.4, 0.5) is 0 Å². The van der Waals surface area contributed by atoms with Gasteiger partial charge in [0.25, 0.3) is 5.91 Å². The maximum atomic E-state index is 13.0. The zero-order valence-electron chi connectivity index (χ0n) is 17.4. The molecule has 2 atom stereocenters. The highest BCUT2D eigenvalue weighted by Crippen LogP contribution is 2.34. The lowest BCUT2D eigenvalue weighted by Crippen LogP contribution is -2.43. The van der Waals surface area contributed by atoms with Crippen LogP contribution in [0.15, 0.2) is 24.3 Å². The van der Waals surface area contributed by atoms with Crippen LogP contribution in [0.1, 0.15) is 56.1 Å². The molecule has 4 rings (SSSR count). The van der Waals surface area contributed by atoms with Gasteiger partial charge in [0.05, 0.1) is 12.0 Å². The second-order valence-corrected chi connectivity index (χ2v) is 9.43. The summed E-state index contributed by atoms with van der Waals surface area (Å²) >= 11 is 0. The molecular weight excluding hydrogens is 368 g/mol. The van der Waals surface area contributed by atoms with Crippen molar-refractivity contribution in [3.05, 3.63) is 35.5 Å². The van der Waals surface area contributed by atoms with Gasteiger partial charge in [-0.2, -0.15) is 0 Å². The van der Waals surface area contributed by atoms with E-state index in [1.807, 2.05) is 11.0 Å². The monoisotopic (exact) mass is 398 g/mol. The van der Waals surface area contributed by atoms with Crippen LogP contribution in [0.3, 0.4) is 0 Å². The molecule has 2 N–H and O–H groups in total. The highest BCUT2D eigenvalue weighted by atomic mass is 16.5. The molecular formula is C23H30N2O4. The van der Waals surface area contributed by atoms with Crippen molar-refractivity contribution in [3.63, 3.8) is 0 Å². The summed E-state index contributed by atoms with van der Waals surface area (Å²) < 4.78 is 5.73. The Morgan fingerprint density at radius 2 is 1.86 bits per heavy atom. The molecule has 2 saturated heterocycles. The molecule has 2 aliphatic rings. The first-order chi connectivity index (χ1) is 13.7. The number of fused-ring (bicyclic) bond motifs is 1. The number of nitrogens with zero attached hydrogens (tertiary/aromatic N) is 1. The number of hydrogen-bond donors (Lipinski definition) is 2. The molecule has 3 heterocycles. The van der Waals surface area contributed by atoms with E-state index >= 15 is 0 Å². The van der Waals surface area contributed by atoms with Crippen LogP contribution in [0, 0.1) is 11.8 Å². The van der Waals surface area contributed by atoms with Gasteiger partial charge in [0, 0.05) is 30.6 Å². The summed E-state index contributed by atoms with van der Waals surface area (Å²) in [7, 11) is 0. The van der Waals surface area contributed by atoms with E-state index in [4.69, 9.17) is 4.74 Å². The number of nitrogens with one attached hydrogen (secondary N) is 1. The standard InChI is InChI=1S/C23H30N2O4/c1-23(2,3)16-5-4-15-12-19(24-18(15)13-16)21(26)25-9-6-14(7-10-25)20-17(22(27)28)8-11-29-20/h4-5,12-14,17,20,24H,6-11H2,1-3H3,(H,27,28)/t17?,20-/m0/s1. The smallest absolute Gasteiger partial charge is 0.309 e. The lowest BCUT2D eigenvalue weighted by atomic mass is 9.84. The van der Waals surface area contributed by atoms with Crippen LogP contribution in [-0.2, 0) is 14.9 Å². The summed E-state index contributed by atoms with van der Waals surface area (Å²) in [5.41, 5.74) is 2.89. The minimum Gasteiger partial charge on any atom is -0.481 e. The highest BCUT2D eigenvalue weighted by molar-refractivity contribution is 5.98. The number of carbonyl (C=O) groups excluding carboxylic acids is 1. The summed E-state index contributed by atoms with van der Waals surface area (Å²) in [4.78, 5) is 29.6. The third kappa shape index (κ3) is 3.90. The molecule has 2 fully saturated rings. The quantitative estimate of drug-likeness (QED) is 0.824. The molecule has 0 spiro atoms. The highest BCUT2D eigenvalue weighted by Gasteiger charge is 2.40. The van der Waals surface area contributed by atoms with Gasteiger partial charge >= 0.3 is 5.97 Å². The molecule has 1 aromatic heterocycles. The SMILES string of the molecule is CC(C)(C)c1ccc2cc(C(=O)N3CCC([C@@H]4OCCC4C(=O)O)CC3)[nH]c2c1. The Labute approximate surface area is 171 Å². The van der Waals surface area contributed by atoms with Crippen molar-refractivity contribution in [2.45, 2.75) is 51.6 Å². The Hall–Kier alpha value is -2.34. The predicted octanol–water partition coefficient (Wildman–Crippen LogP) is 3.81. The molecule has 2 aliphatic heterocycles. The topological polar surface area (TPSA) is 82.6 Å². The van der Waals surface area contributed by atoms with Gasteiger partial charge in [-0.15, -0.1) is 0 Å². The van der Waals surface area contributed by atoms with Gasteiger partial charge in [0.1, 0.15) is 5.69 Å². The Morgan fingerprint density at radius 1 is 1.14 bits per heavy atom. The van der Waals surface area contributed by atoms with E-state index in [9.17, 15) is 14.7 Å².